The van der Waals surface area contributed by atoms with Gasteiger partial charge in [0.15, 0.2) is 0 Å². The summed E-state index contributed by atoms with van der Waals surface area (Å²) in [6.45, 7) is 14.2. The molecule has 16 heavy (non-hydrogen) atoms. The van der Waals surface area contributed by atoms with Gasteiger partial charge in [-0.05, 0) is 56.1 Å². The van der Waals surface area contributed by atoms with Crippen LogP contribution in [0.15, 0.2) is 0 Å². The fourth-order valence-electron chi connectivity index (χ4n) is 2.87. The molecule has 1 unspecified atom stereocenters. The van der Waals surface area contributed by atoms with Crippen LogP contribution in [0.2, 0.25) is 0 Å². The van der Waals surface area contributed by atoms with Crippen molar-refractivity contribution in [2.75, 3.05) is 26.2 Å². The Hall–Kier alpha value is -0.0800. The second kappa shape index (κ2) is 6.61. The van der Waals surface area contributed by atoms with E-state index in [1.54, 1.807) is 0 Å². The summed E-state index contributed by atoms with van der Waals surface area (Å²) in [4.78, 5) is 0. The van der Waals surface area contributed by atoms with Crippen LogP contribution in [-0.4, -0.2) is 26.2 Å². The minimum atomic E-state index is 0.447. The highest BCUT2D eigenvalue weighted by Crippen LogP contribution is 2.24. The van der Waals surface area contributed by atoms with Gasteiger partial charge in [0.25, 0.3) is 0 Å². The van der Waals surface area contributed by atoms with Gasteiger partial charge in [0, 0.05) is 6.54 Å². The van der Waals surface area contributed by atoms with E-state index in [2.05, 4.69) is 38.3 Å². The van der Waals surface area contributed by atoms with E-state index in [0.29, 0.717) is 5.41 Å². The summed E-state index contributed by atoms with van der Waals surface area (Å²) < 4.78 is 0. The SMILES string of the molecule is CC(C)CC(C)(C)CNCCC1CCNC1. The Balaban J connectivity index is 2.04. The summed E-state index contributed by atoms with van der Waals surface area (Å²) in [7, 11) is 0. The van der Waals surface area contributed by atoms with E-state index >= 15 is 0 Å². The lowest BCUT2D eigenvalue weighted by Crippen LogP contribution is -2.32. The van der Waals surface area contributed by atoms with Crippen LogP contribution in [0.4, 0.5) is 0 Å². The summed E-state index contributed by atoms with van der Waals surface area (Å²) >= 11 is 0. The van der Waals surface area contributed by atoms with Gasteiger partial charge in [0.2, 0.25) is 0 Å². The van der Waals surface area contributed by atoms with Crippen molar-refractivity contribution < 1.29 is 0 Å². The summed E-state index contributed by atoms with van der Waals surface area (Å²) in [5.41, 5.74) is 0.447. The van der Waals surface area contributed by atoms with Gasteiger partial charge in [0.1, 0.15) is 0 Å². The zero-order chi connectivity index (χ0) is 12.0. The first-order valence-electron chi connectivity index (χ1n) is 6.91. The fraction of sp³-hybridized carbons (Fsp3) is 1.00. The molecule has 2 nitrogen and oxygen atoms in total. The molecule has 0 aromatic heterocycles. The molecule has 0 amide bonds. The maximum absolute atomic E-state index is 3.63. The van der Waals surface area contributed by atoms with E-state index in [-0.39, 0.29) is 0 Å². The largest absolute Gasteiger partial charge is 0.316 e. The van der Waals surface area contributed by atoms with Gasteiger partial charge < -0.3 is 10.6 Å². The van der Waals surface area contributed by atoms with Crippen LogP contribution in [0.1, 0.15) is 47.0 Å². The van der Waals surface area contributed by atoms with E-state index in [1.165, 1.54) is 38.9 Å². The van der Waals surface area contributed by atoms with E-state index < -0.39 is 0 Å². The molecule has 0 saturated carbocycles. The third-order valence-electron chi connectivity index (χ3n) is 3.46. The average molecular weight is 226 g/mol. The number of rotatable bonds is 7. The van der Waals surface area contributed by atoms with Crippen LogP contribution >= 0.6 is 0 Å². The second-order valence-corrected chi connectivity index (χ2v) is 6.59. The van der Waals surface area contributed by atoms with Crippen molar-refractivity contribution in [3.8, 4) is 0 Å². The first kappa shape index (κ1) is 14.0. The molecule has 1 fully saturated rings. The third-order valence-corrected chi connectivity index (χ3v) is 3.46. The summed E-state index contributed by atoms with van der Waals surface area (Å²) in [5.74, 6) is 1.72. The van der Waals surface area contributed by atoms with Gasteiger partial charge in [-0.3, -0.25) is 0 Å². The van der Waals surface area contributed by atoms with Crippen molar-refractivity contribution >= 4 is 0 Å². The zero-order valence-electron chi connectivity index (χ0n) is 11.6. The topological polar surface area (TPSA) is 24.1 Å². The molecule has 1 saturated heterocycles. The first-order valence-corrected chi connectivity index (χ1v) is 6.91. The molecule has 0 aromatic rings. The molecule has 1 aliphatic rings. The summed E-state index contributed by atoms with van der Waals surface area (Å²) in [6, 6.07) is 0. The first-order chi connectivity index (χ1) is 7.49. The van der Waals surface area contributed by atoms with Crippen LogP contribution in [0.25, 0.3) is 0 Å². The molecule has 2 N–H and O–H groups in total. The molecule has 0 aliphatic carbocycles. The minimum absolute atomic E-state index is 0.447. The third kappa shape index (κ3) is 5.86. The predicted octanol–water partition coefficient (Wildman–Crippen LogP) is 2.65. The Morgan fingerprint density at radius 2 is 2.12 bits per heavy atom. The molecule has 0 bridgehead atoms. The number of hydrogen-bond acceptors (Lipinski definition) is 2. The highest BCUT2D eigenvalue weighted by molar-refractivity contribution is 4.75. The number of hydrogen-bond donors (Lipinski definition) is 2. The van der Waals surface area contributed by atoms with E-state index in [0.717, 1.165) is 18.4 Å². The highest BCUT2D eigenvalue weighted by atomic mass is 14.9. The molecule has 1 heterocycles. The molecule has 2 heteroatoms. The Kier molecular flexibility index (Phi) is 5.77. The molecule has 1 atom stereocenters. The molecule has 0 radical (unpaired) electrons. The minimum Gasteiger partial charge on any atom is -0.316 e. The highest BCUT2D eigenvalue weighted by Gasteiger charge is 2.19. The second-order valence-electron chi connectivity index (χ2n) is 6.59. The van der Waals surface area contributed by atoms with Gasteiger partial charge in [0.05, 0.1) is 0 Å². The standard InChI is InChI=1S/C14H30N2/c1-12(2)9-14(3,4)11-16-8-6-13-5-7-15-10-13/h12-13,15-16H,5-11H2,1-4H3. The van der Waals surface area contributed by atoms with Crippen LogP contribution in [-0.2, 0) is 0 Å². The van der Waals surface area contributed by atoms with Crippen molar-refractivity contribution in [2.24, 2.45) is 17.3 Å². The molecule has 1 rings (SSSR count). The number of nitrogens with one attached hydrogen (secondary N) is 2. The van der Waals surface area contributed by atoms with Crippen LogP contribution in [0.5, 0.6) is 0 Å². The lowest BCUT2D eigenvalue weighted by Gasteiger charge is -2.27. The maximum atomic E-state index is 3.63. The van der Waals surface area contributed by atoms with Gasteiger partial charge in [-0.1, -0.05) is 27.7 Å². The normalized spacial score (nSPS) is 21.9. The predicted molar refractivity (Wildman–Crippen MR) is 71.7 cm³/mol. The van der Waals surface area contributed by atoms with Gasteiger partial charge in [-0.15, -0.1) is 0 Å². The van der Waals surface area contributed by atoms with Gasteiger partial charge >= 0.3 is 0 Å². The van der Waals surface area contributed by atoms with E-state index in [4.69, 9.17) is 0 Å². The molecule has 0 spiro atoms. The van der Waals surface area contributed by atoms with Crippen molar-refractivity contribution in [3.05, 3.63) is 0 Å². The van der Waals surface area contributed by atoms with Crippen molar-refractivity contribution in [3.63, 3.8) is 0 Å². The van der Waals surface area contributed by atoms with Gasteiger partial charge in [-0.25, -0.2) is 0 Å². The quantitative estimate of drug-likeness (QED) is 0.652. The molecular formula is C14H30N2. The molecule has 96 valence electrons. The smallest absolute Gasteiger partial charge is 0.000262 e. The van der Waals surface area contributed by atoms with Crippen molar-refractivity contribution in [2.45, 2.75) is 47.0 Å². The van der Waals surface area contributed by atoms with E-state index in [1.807, 2.05) is 0 Å². The Labute approximate surface area is 102 Å². The summed E-state index contributed by atoms with van der Waals surface area (Å²) in [5, 5.41) is 7.06. The maximum Gasteiger partial charge on any atom is 0.000262 e. The fourth-order valence-corrected chi connectivity index (χ4v) is 2.87. The lowest BCUT2D eigenvalue weighted by molar-refractivity contribution is 0.271. The molecular weight excluding hydrogens is 196 g/mol. The Bertz CT molecular complexity index is 181. The van der Waals surface area contributed by atoms with Crippen molar-refractivity contribution in [1.29, 1.82) is 0 Å². The van der Waals surface area contributed by atoms with E-state index in [9.17, 15) is 0 Å². The van der Waals surface area contributed by atoms with Crippen LogP contribution < -0.4 is 10.6 Å². The Morgan fingerprint density at radius 1 is 1.38 bits per heavy atom. The van der Waals surface area contributed by atoms with Crippen molar-refractivity contribution in [1.82, 2.24) is 10.6 Å². The lowest BCUT2D eigenvalue weighted by atomic mass is 9.84. The monoisotopic (exact) mass is 226 g/mol. The van der Waals surface area contributed by atoms with Crippen LogP contribution in [0.3, 0.4) is 0 Å². The van der Waals surface area contributed by atoms with Crippen LogP contribution in [0, 0.1) is 17.3 Å². The Morgan fingerprint density at radius 3 is 2.69 bits per heavy atom. The molecule has 0 aromatic carbocycles. The summed E-state index contributed by atoms with van der Waals surface area (Å²) in [6.07, 6.45) is 4.02. The van der Waals surface area contributed by atoms with Gasteiger partial charge in [-0.2, -0.15) is 0 Å². The average Bonchev–Trinajstić information content (AvgIpc) is 2.62. The zero-order valence-corrected chi connectivity index (χ0v) is 11.6. The molecule has 1 aliphatic heterocycles.